The van der Waals surface area contributed by atoms with Crippen molar-refractivity contribution in [1.29, 1.82) is 0 Å². The van der Waals surface area contributed by atoms with Gasteiger partial charge in [0.15, 0.2) is 0 Å². The number of nitrogens with one attached hydrogen (secondary N) is 1. The molecule has 1 unspecified atom stereocenters. The Morgan fingerprint density at radius 3 is 1.79 bits per heavy atom. The zero-order valence-corrected chi connectivity index (χ0v) is 16.8. The average molecular weight is 337 g/mol. The highest BCUT2D eigenvalue weighted by atomic mass is 15.2. The number of hydrogen-bond acceptors (Lipinski definition) is 2. The van der Waals surface area contributed by atoms with E-state index in [9.17, 15) is 0 Å². The largest absolute Gasteiger partial charge is 0.315 e. The van der Waals surface area contributed by atoms with Crippen molar-refractivity contribution in [3.8, 4) is 0 Å². The van der Waals surface area contributed by atoms with Crippen molar-refractivity contribution in [2.24, 2.45) is 5.41 Å². The van der Waals surface area contributed by atoms with E-state index in [0.29, 0.717) is 5.41 Å². The van der Waals surface area contributed by atoms with Crippen LogP contribution in [0.3, 0.4) is 0 Å². The minimum atomic E-state index is 0.668. The van der Waals surface area contributed by atoms with E-state index in [1.807, 2.05) is 0 Å². The van der Waals surface area contributed by atoms with E-state index >= 15 is 0 Å². The second-order valence-corrected chi connectivity index (χ2v) is 8.74. The molecular formula is C22H44N2. The summed E-state index contributed by atoms with van der Waals surface area (Å²) in [5.74, 6) is 0. The van der Waals surface area contributed by atoms with E-state index in [1.54, 1.807) is 0 Å². The van der Waals surface area contributed by atoms with Crippen LogP contribution in [0.1, 0.15) is 104 Å². The van der Waals surface area contributed by atoms with Gasteiger partial charge >= 0.3 is 0 Å². The van der Waals surface area contributed by atoms with Gasteiger partial charge in [-0.2, -0.15) is 0 Å². The predicted molar refractivity (Wildman–Crippen MR) is 107 cm³/mol. The SMILES string of the molecule is CCCCCCCCC(CCCCCCC)N1CCC2(CNC2)C1. The summed E-state index contributed by atoms with van der Waals surface area (Å²) in [6.07, 6.45) is 20.2. The summed E-state index contributed by atoms with van der Waals surface area (Å²) < 4.78 is 0. The number of nitrogens with zero attached hydrogens (tertiary/aromatic N) is 1. The summed E-state index contributed by atoms with van der Waals surface area (Å²) in [6, 6.07) is 0.887. The molecule has 0 saturated carbocycles. The third-order valence-corrected chi connectivity index (χ3v) is 6.52. The molecule has 0 radical (unpaired) electrons. The molecule has 2 saturated heterocycles. The van der Waals surface area contributed by atoms with E-state index in [2.05, 4.69) is 24.1 Å². The summed E-state index contributed by atoms with van der Waals surface area (Å²) in [4.78, 5) is 2.88. The smallest absolute Gasteiger partial charge is 0.00955 e. The fourth-order valence-corrected chi connectivity index (χ4v) is 4.70. The molecule has 2 rings (SSSR count). The Morgan fingerprint density at radius 1 is 0.792 bits per heavy atom. The molecular weight excluding hydrogens is 292 g/mol. The molecule has 24 heavy (non-hydrogen) atoms. The Balaban J connectivity index is 1.67. The van der Waals surface area contributed by atoms with E-state index in [4.69, 9.17) is 0 Å². The van der Waals surface area contributed by atoms with E-state index in [1.165, 1.54) is 116 Å². The summed E-state index contributed by atoms with van der Waals surface area (Å²) >= 11 is 0. The van der Waals surface area contributed by atoms with Gasteiger partial charge in [-0.15, -0.1) is 0 Å². The van der Waals surface area contributed by atoms with Crippen LogP contribution in [0.2, 0.25) is 0 Å². The lowest BCUT2D eigenvalue weighted by atomic mass is 9.81. The third kappa shape index (κ3) is 6.67. The number of likely N-dealkylation sites (tertiary alicyclic amines) is 1. The van der Waals surface area contributed by atoms with Crippen molar-refractivity contribution in [3.05, 3.63) is 0 Å². The normalized spacial score (nSPS) is 21.2. The molecule has 1 atom stereocenters. The number of unbranched alkanes of at least 4 members (excludes halogenated alkanes) is 9. The minimum absolute atomic E-state index is 0.668. The van der Waals surface area contributed by atoms with Gasteiger partial charge in [0.05, 0.1) is 0 Å². The summed E-state index contributed by atoms with van der Waals surface area (Å²) in [6.45, 7) is 9.95. The molecule has 0 aromatic heterocycles. The van der Waals surface area contributed by atoms with Crippen LogP contribution in [0.4, 0.5) is 0 Å². The zero-order chi connectivity index (χ0) is 17.1. The second kappa shape index (κ2) is 11.5. The first kappa shape index (κ1) is 20.2. The lowest BCUT2D eigenvalue weighted by molar-refractivity contribution is 0.138. The highest BCUT2D eigenvalue weighted by Gasteiger charge is 2.44. The first-order chi connectivity index (χ1) is 11.8. The standard InChI is InChI=1S/C22H44N2/c1-3-5-7-9-11-13-15-21(14-12-10-8-6-4-2)24-17-16-22(20-24)18-23-19-22/h21,23H,3-20H2,1-2H3. The van der Waals surface area contributed by atoms with Gasteiger partial charge in [0, 0.05) is 31.1 Å². The highest BCUT2D eigenvalue weighted by Crippen LogP contribution is 2.36. The van der Waals surface area contributed by atoms with Crippen LogP contribution in [0, 0.1) is 5.41 Å². The number of rotatable bonds is 14. The molecule has 1 N–H and O–H groups in total. The average Bonchev–Trinajstić information content (AvgIpc) is 3.02. The maximum absolute atomic E-state index is 3.51. The fourth-order valence-electron chi connectivity index (χ4n) is 4.70. The molecule has 2 aliphatic heterocycles. The molecule has 0 aliphatic carbocycles. The topological polar surface area (TPSA) is 15.3 Å². The van der Waals surface area contributed by atoms with Gasteiger partial charge in [0.2, 0.25) is 0 Å². The van der Waals surface area contributed by atoms with Crippen molar-refractivity contribution in [3.63, 3.8) is 0 Å². The fraction of sp³-hybridized carbons (Fsp3) is 1.00. The zero-order valence-electron chi connectivity index (χ0n) is 16.8. The van der Waals surface area contributed by atoms with Crippen LogP contribution in [0.5, 0.6) is 0 Å². The van der Waals surface area contributed by atoms with Gasteiger partial charge in [-0.05, 0) is 25.8 Å². The van der Waals surface area contributed by atoms with Crippen molar-refractivity contribution in [2.45, 2.75) is 110 Å². The molecule has 142 valence electrons. The quantitative estimate of drug-likeness (QED) is 0.406. The van der Waals surface area contributed by atoms with Crippen molar-refractivity contribution in [2.75, 3.05) is 26.2 Å². The first-order valence-corrected chi connectivity index (χ1v) is 11.2. The van der Waals surface area contributed by atoms with Crippen LogP contribution in [-0.4, -0.2) is 37.1 Å². The Bertz CT molecular complexity index is 311. The van der Waals surface area contributed by atoms with E-state index in [0.717, 1.165) is 6.04 Å². The Kier molecular flexibility index (Phi) is 9.71. The van der Waals surface area contributed by atoms with E-state index in [-0.39, 0.29) is 0 Å². The lowest BCUT2D eigenvalue weighted by Crippen LogP contribution is -2.55. The molecule has 2 heteroatoms. The van der Waals surface area contributed by atoms with Crippen molar-refractivity contribution < 1.29 is 0 Å². The van der Waals surface area contributed by atoms with Gasteiger partial charge < -0.3 is 5.32 Å². The molecule has 0 bridgehead atoms. The van der Waals surface area contributed by atoms with Gasteiger partial charge in [-0.1, -0.05) is 84.5 Å². The minimum Gasteiger partial charge on any atom is -0.315 e. The Hall–Kier alpha value is -0.0800. The molecule has 2 fully saturated rings. The van der Waals surface area contributed by atoms with Crippen LogP contribution < -0.4 is 5.32 Å². The Morgan fingerprint density at radius 2 is 1.33 bits per heavy atom. The Labute approximate surface area is 152 Å². The summed E-state index contributed by atoms with van der Waals surface area (Å²) in [5, 5.41) is 3.51. The first-order valence-electron chi connectivity index (χ1n) is 11.2. The van der Waals surface area contributed by atoms with Crippen LogP contribution in [-0.2, 0) is 0 Å². The summed E-state index contributed by atoms with van der Waals surface area (Å²) in [5.41, 5.74) is 0.668. The second-order valence-electron chi connectivity index (χ2n) is 8.74. The molecule has 0 amide bonds. The highest BCUT2D eigenvalue weighted by molar-refractivity contribution is 5.00. The maximum Gasteiger partial charge on any atom is 0.00955 e. The monoisotopic (exact) mass is 336 g/mol. The van der Waals surface area contributed by atoms with Gasteiger partial charge in [0.1, 0.15) is 0 Å². The lowest BCUT2D eigenvalue weighted by Gasteiger charge is -2.40. The predicted octanol–water partition coefficient (Wildman–Crippen LogP) is 5.76. The molecule has 1 spiro atoms. The molecule has 0 aromatic carbocycles. The van der Waals surface area contributed by atoms with Crippen LogP contribution in [0.25, 0.3) is 0 Å². The van der Waals surface area contributed by atoms with E-state index < -0.39 is 0 Å². The molecule has 2 aliphatic rings. The van der Waals surface area contributed by atoms with Gasteiger partial charge in [-0.3, -0.25) is 4.90 Å². The van der Waals surface area contributed by atoms with Gasteiger partial charge in [0.25, 0.3) is 0 Å². The van der Waals surface area contributed by atoms with Crippen molar-refractivity contribution >= 4 is 0 Å². The van der Waals surface area contributed by atoms with Crippen LogP contribution >= 0.6 is 0 Å². The van der Waals surface area contributed by atoms with Gasteiger partial charge in [-0.25, -0.2) is 0 Å². The van der Waals surface area contributed by atoms with Crippen LogP contribution in [0.15, 0.2) is 0 Å². The van der Waals surface area contributed by atoms with Crippen molar-refractivity contribution in [1.82, 2.24) is 10.2 Å². The molecule has 0 aromatic rings. The number of hydrogen-bond donors (Lipinski definition) is 1. The molecule has 2 heterocycles. The third-order valence-electron chi connectivity index (χ3n) is 6.52. The maximum atomic E-state index is 3.51. The molecule has 2 nitrogen and oxygen atoms in total. The summed E-state index contributed by atoms with van der Waals surface area (Å²) in [7, 11) is 0.